The monoisotopic (exact) mass is 262 g/mol. The molecule has 3 nitrogen and oxygen atoms in total. The summed E-state index contributed by atoms with van der Waals surface area (Å²) in [5, 5.41) is 3.00. The first kappa shape index (κ1) is 15.5. The predicted molar refractivity (Wildman–Crippen MR) is 80.0 cm³/mol. The molecule has 1 aromatic rings. The average molecular weight is 262 g/mol. The third kappa shape index (κ3) is 5.77. The van der Waals surface area contributed by atoms with Crippen molar-refractivity contribution >= 4 is 6.03 Å². The van der Waals surface area contributed by atoms with Gasteiger partial charge in [-0.05, 0) is 31.7 Å². The van der Waals surface area contributed by atoms with Crippen LogP contribution in [-0.2, 0) is 6.54 Å². The summed E-state index contributed by atoms with van der Waals surface area (Å²) in [5.74, 6) is 0.613. The van der Waals surface area contributed by atoms with Crippen molar-refractivity contribution in [1.29, 1.82) is 0 Å². The van der Waals surface area contributed by atoms with E-state index in [2.05, 4.69) is 31.3 Å². The van der Waals surface area contributed by atoms with Gasteiger partial charge in [0.25, 0.3) is 0 Å². The Labute approximate surface area is 117 Å². The summed E-state index contributed by atoms with van der Waals surface area (Å²) in [6, 6.07) is 10.3. The molecule has 0 aromatic heterocycles. The van der Waals surface area contributed by atoms with Crippen molar-refractivity contribution in [3.8, 4) is 0 Å². The summed E-state index contributed by atoms with van der Waals surface area (Å²) in [5.41, 5.74) is 1.16. The van der Waals surface area contributed by atoms with Gasteiger partial charge in [-0.2, -0.15) is 0 Å². The zero-order chi connectivity index (χ0) is 14.3. The number of urea groups is 1. The van der Waals surface area contributed by atoms with Gasteiger partial charge in [-0.15, -0.1) is 0 Å². The molecule has 0 heterocycles. The summed E-state index contributed by atoms with van der Waals surface area (Å²) in [4.78, 5) is 14.1. The number of benzene rings is 1. The Hall–Kier alpha value is -1.51. The number of hydrogen-bond acceptors (Lipinski definition) is 1. The van der Waals surface area contributed by atoms with Gasteiger partial charge in [0, 0.05) is 19.1 Å². The molecule has 0 bridgehead atoms. The molecule has 106 valence electrons. The molecule has 1 N–H and O–H groups in total. The van der Waals surface area contributed by atoms with Crippen LogP contribution in [0.2, 0.25) is 0 Å². The van der Waals surface area contributed by atoms with Crippen LogP contribution >= 0.6 is 0 Å². The Bertz CT molecular complexity index is 374. The van der Waals surface area contributed by atoms with Crippen LogP contribution in [0.25, 0.3) is 0 Å². The van der Waals surface area contributed by atoms with Gasteiger partial charge in [0.15, 0.2) is 0 Å². The predicted octanol–water partition coefficient (Wildman–Crippen LogP) is 3.65. The summed E-state index contributed by atoms with van der Waals surface area (Å²) in [6.07, 6.45) is 1.02. The Morgan fingerprint density at radius 3 is 2.32 bits per heavy atom. The van der Waals surface area contributed by atoms with E-state index in [1.165, 1.54) is 0 Å². The van der Waals surface area contributed by atoms with Crippen molar-refractivity contribution in [3.05, 3.63) is 35.9 Å². The molecule has 0 radical (unpaired) electrons. The third-order valence-electron chi connectivity index (χ3n) is 3.08. The van der Waals surface area contributed by atoms with Gasteiger partial charge < -0.3 is 10.2 Å². The van der Waals surface area contributed by atoms with E-state index in [-0.39, 0.29) is 12.1 Å². The fraction of sp³-hybridized carbons (Fsp3) is 0.562. The van der Waals surface area contributed by atoms with Crippen LogP contribution in [0.3, 0.4) is 0 Å². The van der Waals surface area contributed by atoms with Crippen LogP contribution in [0.1, 0.15) is 39.7 Å². The SMILES string of the molecule is CC(C)CCNC(=O)N(Cc1ccccc1)C(C)C. The molecule has 0 atom stereocenters. The number of nitrogens with one attached hydrogen (secondary N) is 1. The number of amides is 2. The maximum atomic E-state index is 12.2. The Morgan fingerprint density at radius 2 is 1.79 bits per heavy atom. The highest BCUT2D eigenvalue weighted by atomic mass is 16.2. The van der Waals surface area contributed by atoms with Crippen LogP contribution < -0.4 is 5.32 Å². The van der Waals surface area contributed by atoms with Crippen molar-refractivity contribution in [2.45, 2.75) is 46.7 Å². The highest BCUT2D eigenvalue weighted by Gasteiger charge is 2.16. The van der Waals surface area contributed by atoms with Crippen LogP contribution in [0.5, 0.6) is 0 Å². The standard InChI is InChI=1S/C16H26N2O/c1-13(2)10-11-17-16(19)18(14(3)4)12-15-8-6-5-7-9-15/h5-9,13-14H,10-12H2,1-4H3,(H,17,19). The second-order valence-corrected chi connectivity index (χ2v) is 5.62. The van der Waals surface area contributed by atoms with Crippen molar-refractivity contribution in [2.24, 2.45) is 5.92 Å². The fourth-order valence-corrected chi connectivity index (χ4v) is 1.84. The third-order valence-corrected chi connectivity index (χ3v) is 3.08. The molecule has 1 aromatic carbocycles. The van der Waals surface area contributed by atoms with Gasteiger partial charge in [-0.25, -0.2) is 4.79 Å². The first-order valence-corrected chi connectivity index (χ1v) is 7.09. The maximum absolute atomic E-state index is 12.2. The van der Waals surface area contributed by atoms with Crippen LogP contribution in [-0.4, -0.2) is 23.5 Å². The molecule has 19 heavy (non-hydrogen) atoms. The van der Waals surface area contributed by atoms with Crippen LogP contribution in [0.15, 0.2) is 30.3 Å². The zero-order valence-electron chi connectivity index (χ0n) is 12.5. The molecule has 0 unspecified atom stereocenters. The summed E-state index contributed by atoms with van der Waals surface area (Å²) >= 11 is 0. The van der Waals surface area contributed by atoms with Crippen molar-refractivity contribution in [1.82, 2.24) is 10.2 Å². The lowest BCUT2D eigenvalue weighted by molar-refractivity contribution is 0.179. The largest absolute Gasteiger partial charge is 0.338 e. The van der Waals surface area contributed by atoms with E-state index in [9.17, 15) is 4.79 Å². The molecular formula is C16H26N2O. The van der Waals surface area contributed by atoms with Gasteiger partial charge in [-0.3, -0.25) is 0 Å². The van der Waals surface area contributed by atoms with E-state index in [1.54, 1.807) is 0 Å². The Balaban J connectivity index is 2.55. The topological polar surface area (TPSA) is 32.3 Å². The fourth-order valence-electron chi connectivity index (χ4n) is 1.84. The van der Waals surface area contributed by atoms with Crippen molar-refractivity contribution in [2.75, 3.05) is 6.54 Å². The summed E-state index contributed by atoms with van der Waals surface area (Å²) in [6.45, 7) is 9.82. The van der Waals surface area contributed by atoms with Gasteiger partial charge in [0.2, 0.25) is 0 Å². The second kappa shape index (κ2) is 7.82. The van der Waals surface area contributed by atoms with Crippen molar-refractivity contribution in [3.63, 3.8) is 0 Å². The molecule has 2 amide bonds. The minimum Gasteiger partial charge on any atom is -0.338 e. The quantitative estimate of drug-likeness (QED) is 0.834. The molecule has 0 aliphatic carbocycles. The minimum absolute atomic E-state index is 0.0273. The lowest BCUT2D eigenvalue weighted by Crippen LogP contribution is -2.43. The van der Waals surface area contributed by atoms with Gasteiger partial charge in [0.1, 0.15) is 0 Å². The van der Waals surface area contributed by atoms with Gasteiger partial charge in [-0.1, -0.05) is 44.2 Å². The number of carbonyl (C=O) groups is 1. The Kier molecular flexibility index (Phi) is 6.40. The van der Waals surface area contributed by atoms with E-state index in [0.29, 0.717) is 12.5 Å². The Morgan fingerprint density at radius 1 is 1.16 bits per heavy atom. The van der Waals surface area contributed by atoms with E-state index in [0.717, 1.165) is 18.5 Å². The first-order valence-electron chi connectivity index (χ1n) is 7.09. The molecule has 0 aliphatic rings. The van der Waals surface area contributed by atoms with Crippen LogP contribution in [0.4, 0.5) is 4.79 Å². The number of rotatable bonds is 6. The first-order chi connectivity index (χ1) is 9.00. The van der Waals surface area contributed by atoms with Crippen LogP contribution in [0, 0.1) is 5.92 Å². The lowest BCUT2D eigenvalue weighted by atomic mass is 10.1. The molecule has 0 saturated heterocycles. The molecular weight excluding hydrogens is 236 g/mol. The lowest BCUT2D eigenvalue weighted by Gasteiger charge is -2.27. The van der Waals surface area contributed by atoms with E-state index in [4.69, 9.17) is 0 Å². The van der Waals surface area contributed by atoms with Crippen molar-refractivity contribution < 1.29 is 4.79 Å². The van der Waals surface area contributed by atoms with E-state index >= 15 is 0 Å². The average Bonchev–Trinajstić information content (AvgIpc) is 2.36. The van der Waals surface area contributed by atoms with E-state index < -0.39 is 0 Å². The molecule has 0 fully saturated rings. The number of hydrogen-bond donors (Lipinski definition) is 1. The summed E-state index contributed by atoms with van der Waals surface area (Å²) < 4.78 is 0. The molecule has 3 heteroatoms. The smallest absolute Gasteiger partial charge is 0.317 e. The number of nitrogens with zero attached hydrogens (tertiary/aromatic N) is 1. The number of carbonyl (C=O) groups excluding carboxylic acids is 1. The normalized spacial score (nSPS) is 10.8. The molecule has 1 rings (SSSR count). The molecule has 0 saturated carbocycles. The van der Waals surface area contributed by atoms with E-state index in [1.807, 2.05) is 36.9 Å². The van der Waals surface area contributed by atoms with Gasteiger partial charge >= 0.3 is 6.03 Å². The maximum Gasteiger partial charge on any atom is 0.317 e. The zero-order valence-corrected chi connectivity index (χ0v) is 12.5. The van der Waals surface area contributed by atoms with Gasteiger partial charge in [0.05, 0.1) is 0 Å². The second-order valence-electron chi connectivity index (χ2n) is 5.62. The summed E-state index contributed by atoms with van der Waals surface area (Å²) in [7, 11) is 0. The molecule has 0 spiro atoms. The highest BCUT2D eigenvalue weighted by molar-refractivity contribution is 5.74. The molecule has 0 aliphatic heterocycles. The minimum atomic E-state index is 0.0273. The highest BCUT2D eigenvalue weighted by Crippen LogP contribution is 2.08.